The molecule has 2 aromatic heterocycles. The summed E-state index contributed by atoms with van der Waals surface area (Å²) in [5, 5.41) is 7.02. The van der Waals surface area contributed by atoms with Crippen molar-refractivity contribution >= 4 is 23.3 Å². The highest BCUT2D eigenvalue weighted by molar-refractivity contribution is 6.30. The van der Waals surface area contributed by atoms with Crippen molar-refractivity contribution in [2.75, 3.05) is 5.32 Å². The predicted molar refractivity (Wildman–Crippen MR) is 98.7 cm³/mol. The molecule has 134 valence electrons. The Bertz CT molecular complexity index is 936. The maximum atomic E-state index is 12.5. The molecule has 7 heteroatoms. The number of carbonyl (C=O) groups is 1. The van der Waals surface area contributed by atoms with Crippen molar-refractivity contribution in [3.05, 3.63) is 69.7 Å². The molecule has 1 N–H and O–H groups in total. The fourth-order valence-electron chi connectivity index (χ4n) is 2.40. The molecule has 0 fully saturated rings. The number of pyridine rings is 1. The van der Waals surface area contributed by atoms with E-state index in [1.807, 2.05) is 32.0 Å². The molecule has 26 heavy (non-hydrogen) atoms. The number of nitrogens with zero attached hydrogens (tertiary/aromatic N) is 2. The van der Waals surface area contributed by atoms with Gasteiger partial charge in [0, 0.05) is 6.20 Å². The Morgan fingerprint density at radius 3 is 2.77 bits per heavy atom. The van der Waals surface area contributed by atoms with Crippen LogP contribution in [0.5, 0.6) is 5.75 Å². The SMILES string of the molecule is Cc1cccc(OCc2c(C(=O)Nc3ccc(Cl)cn3)noc2C)c1C. The molecule has 0 bridgehead atoms. The number of anilines is 1. The van der Waals surface area contributed by atoms with E-state index in [-0.39, 0.29) is 12.3 Å². The van der Waals surface area contributed by atoms with Crippen molar-refractivity contribution in [1.29, 1.82) is 0 Å². The average Bonchev–Trinajstić information content (AvgIpc) is 2.99. The molecule has 0 spiro atoms. The largest absolute Gasteiger partial charge is 0.488 e. The monoisotopic (exact) mass is 371 g/mol. The molecule has 0 aliphatic carbocycles. The van der Waals surface area contributed by atoms with Gasteiger partial charge in [-0.15, -0.1) is 0 Å². The number of nitrogens with one attached hydrogen (secondary N) is 1. The lowest BCUT2D eigenvalue weighted by Gasteiger charge is -2.11. The lowest BCUT2D eigenvalue weighted by molar-refractivity contribution is 0.101. The minimum absolute atomic E-state index is 0.171. The Balaban J connectivity index is 1.76. The third-order valence-electron chi connectivity index (χ3n) is 4.10. The van der Waals surface area contributed by atoms with Gasteiger partial charge in [0.05, 0.1) is 10.6 Å². The first kappa shape index (κ1) is 17.9. The standard InChI is InChI=1S/C19H18ClN3O3/c1-11-5-4-6-16(12(11)2)25-10-15-13(3)26-23-18(15)19(24)22-17-8-7-14(20)9-21-17/h4-9H,10H2,1-3H3,(H,21,22,24). The van der Waals surface area contributed by atoms with Gasteiger partial charge in [-0.2, -0.15) is 0 Å². The number of carbonyl (C=O) groups excluding carboxylic acids is 1. The zero-order valence-corrected chi connectivity index (χ0v) is 15.4. The van der Waals surface area contributed by atoms with Crippen LogP contribution in [-0.4, -0.2) is 16.0 Å². The number of rotatable bonds is 5. The van der Waals surface area contributed by atoms with Gasteiger partial charge in [0.2, 0.25) is 0 Å². The summed E-state index contributed by atoms with van der Waals surface area (Å²) in [5.74, 6) is 1.25. The second kappa shape index (κ2) is 7.58. The molecule has 0 unspecified atom stereocenters. The summed E-state index contributed by atoms with van der Waals surface area (Å²) in [7, 11) is 0. The number of aromatic nitrogens is 2. The number of amides is 1. The van der Waals surface area contributed by atoms with Crippen LogP contribution < -0.4 is 10.1 Å². The molecule has 3 rings (SSSR count). The Labute approximate surface area is 156 Å². The second-order valence-electron chi connectivity index (χ2n) is 5.87. The first-order chi connectivity index (χ1) is 12.5. The number of benzene rings is 1. The number of hydrogen-bond donors (Lipinski definition) is 1. The van der Waals surface area contributed by atoms with E-state index in [1.165, 1.54) is 6.20 Å². The van der Waals surface area contributed by atoms with Gasteiger partial charge in [-0.1, -0.05) is 28.9 Å². The number of halogens is 1. The summed E-state index contributed by atoms with van der Waals surface area (Å²) in [6, 6.07) is 9.09. The highest BCUT2D eigenvalue weighted by atomic mass is 35.5. The van der Waals surface area contributed by atoms with Crippen molar-refractivity contribution in [1.82, 2.24) is 10.1 Å². The average molecular weight is 372 g/mol. The highest BCUT2D eigenvalue weighted by Gasteiger charge is 2.21. The Morgan fingerprint density at radius 1 is 1.23 bits per heavy atom. The van der Waals surface area contributed by atoms with E-state index in [0.29, 0.717) is 22.2 Å². The van der Waals surface area contributed by atoms with Crippen LogP contribution in [0.2, 0.25) is 5.02 Å². The van der Waals surface area contributed by atoms with Gasteiger partial charge in [-0.3, -0.25) is 4.79 Å². The van der Waals surface area contributed by atoms with Crippen LogP contribution in [0.4, 0.5) is 5.82 Å². The molecule has 0 aliphatic heterocycles. The van der Waals surface area contributed by atoms with E-state index >= 15 is 0 Å². The molecule has 0 saturated heterocycles. The molecular formula is C19H18ClN3O3. The van der Waals surface area contributed by atoms with Gasteiger partial charge in [0.15, 0.2) is 5.69 Å². The maximum absolute atomic E-state index is 12.5. The van der Waals surface area contributed by atoms with Gasteiger partial charge < -0.3 is 14.6 Å². The minimum Gasteiger partial charge on any atom is -0.488 e. The summed E-state index contributed by atoms with van der Waals surface area (Å²) >= 11 is 5.80. The summed E-state index contributed by atoms with van der Waals surface area (Å²) in [6.07, 6.45) is 1.45. The molecule has 0 saturated carbocycles. The van der Waals surface area contributed by atoms with Crippen molar-refractivity contribution in [3.8, 4) is 5.75 Å². The van der Waals surface area contributed by atoms with Gasteiger partial charge in [0.1, 0.15) is 23.9 Å². The lowest BCUT2D eigenvalue weighted by Crippen LogP contribution is -2.16. The fourth-order valence-corrected chi connectivity index (χ4v) is 2.51. The third-order valence-corrected chi connectivity index (χ3v) is 4.32. The molecule has 2 heterocycles. The second-order valence-corrected chi connectivity index (χ2v) is 6.30. The summed E-state index contributed by atoms with van der Waals surface area (Å²) < 4.78 is 11.1. The molecule has 1 aromatic carbocycles. The normalized spacial score (nSPS) is 10.6. The molecule has 6 nitrogen and oxygen atoms in total. The molecule has 0 aliphatic rings. The van der Waals surface area contributed by atoms with E-state index < -0.39 is 5.91 Å². The molecule has 1 amide bonds. The first-order valence-electron chi connectivity index (χ1n) is 8.02. The molecule has 3 aromatic rings. The zero-order valence-electron chi connectivity index (χ0n) is 14.7. The Kier molecular flexibility index (Phi) is 5.23. The maximum Gasteiger partial charge on any atom is 0.279 e. The molecule has 0 atom stereocenters. The van der Waals surface area contributed by atoms with Crippen LogP contribution in [0.15, 0.2) is 41.1 Å². The van der Waals surface area contributed by atoms with Crippen LogP contribution >= 0.6 is 11.6 Å². The lowest BCUT2D eigenvalue weighted by atomic mass is 10.1. The van der Waals surface area contributed by atoms with E-state index in [1.54, 1.807) is 19.1 Å². The van der Waals surface area contributed by atoms with Crippen LogP contribution in [0, 0.1) is 20.8 Å². The third kappa shape index (κ3) is 3.86. The smallest absolute Gasteiger partial charge is 0.279 e. The minimum atomic E-state index is -0.420. The van der Waals surface area contributed by atoms with Crippen LogP contribution in [0.1, 0.15) is 32.9 Å². The van der Waals surface area contributed by atoms with Crippen molar-refractivity contribution in [2.45, 2.75) is 27.4 Å². The van der Waals surface area contributed by atoms with E-state index in [0.717, 1.165) is 16.9 Å². The summed E-state index contributed by atoms with van der Waals surface area (Å²) in [4.78, 5) is 16.5. The Hall–Kier alpha value is -2.86. The van der Waals surface area contributed by atoms with E-state index in [4.69, 9.17) is 20.9 Å². The van der Waals surface area contributed by atoms with Crippen molar-refractivity contribution in [3.63, 3.8) is 0 Å². The van der Waals surface area contributed by atoms with Gasteiger partial charge in [-0.25, -0.2) is 4.98 Å². The van der Waals surface area contributed by atoms with Gasteiger partial charge in [0.25, 0.3) is 5.91 Å². The summed E-state index contributed by atoms with van der Waals surface area (Å²) in [6.45, 7) is 5.93. The van der Waals surface area contributed by atoms with Crippen molar-refractivity contribution < 1.29 is 14.1 Å². The fraction of sp³-hybridized carbons (Fsp3) is 0.211. The van der Waals surface area contributed by atoms with Crippen molar-refractivity contribution in [2.24, 2.45) is 0 Å². The predicted octanol–water partition coefficient (Wildman–Crippen LogP) is 4.48. The zero-order chi connectivity index (χ0) is 18.7. The number of hydrogen-bond acceptors (Lipinski definition) is 5. The topological polar surface area (TPSA) is 77.2 Å². The quantitative estimate of drug-likeness (QED) is 0.715. The Morgan fingerprint density at radius 2 is 2.04 bits per heavy atom. The highest BCUT2D eigenvalue weighted by Crippen LogP contribution is 2.23. The number of ether oxygens (including phenoxy) is 1. The summed E-state index contributed by atoms with van der Waals surface area (Å²) in [5.41, 5.74) is 2.95. The van der Waals surface area contributed by atoms with E-state index in [9.17, 15) is 4.79 Å². The first-order valence-corrected chi connectivity index (χ1v) is 8.40. The van der Waals surface area contributed by atoms with Crippen LogP contribution in [0.25, 0.3) is 0 Å². The van der Waals surface area contributed by atoms with Gasteiger partial charge in [-0.05, 0) is 50.1 Å². The molecular weight excluding hydrogens is 354 g/mol. The van der Waals surface area contributed by atoms with E-state index in [2.05, 4.69) is 15.5 Å². The van der Waals surface area contributed by atoms with Gasteiger partial charge >= 0.3 is 0 Å². The number of aryl methyl sites for hydroxylation is 2. The molecule has 0 radical (unpaired) electrons. The van der Waals surface area contributed by atoms with Crippen LogP contribution in [-0.2, 0) is 6.61 Å². The van der Waals surface area contributed by atoms with Crippen LogP contribution in [0.3, 0.4) is 0 Å².